The van der Waals surface area contributed by atoms with Crippen LogP contribution in [0.1, 0.15) is 11.3 Å². The first-order chi connectivity index (χ1) is 10.1. The van der Waals surface area contributed by atoms with Gasteiger partial charge in [-0.3, -0.25) is 0 Å². The predicted octanol–water partition coefficient (Wildman–Crippen LogP) is 3.36. The van der Waals surface area contributed by atoms with Crippen LogP contribution in [0.2, 0.25) is 0 Å². The van der Waals surface area contributed by atoms with E-state index in [2.05, 4.69) is 9.89 Å². The Bertz CT molecular complexity index is 683. The molecule has 1 saturated heterocycles. The van der Waals surface area contributed by atoms with Crippen molar-refractivity contribution >= 4 is 52.7 Å². The lowest BCUT2D eigenvalue weighted by molar-refractivity contribution is 0.453. The summed E-state index contributed by atoms with van der Waals surface area (Å²) in [7, 11) is 0. The summed E-state index contributed by atoms with van der Waals surface area (Å²) in [5.74, 6) is 3.20. The Morgan fingerprint density at radius 2 is 2.14 bits per heavy atom. The molecule has 0 aliphatic carbocycles. The van der Waals surface area contributed by atoms with Gasteiger partial charge in [0.25, 0.3) is 0 Å². The number of hydrogen-bond acceptors (Lipinski definition) is 3. The molecule has 4 nitrogen and oxygen atoms in total. The van der Waals surface area contributed by atoms with Gasteiger partial charge in [-0.2, -0.15) is 11.8 Å². The number of hydrogen-bond donors (Lipinski definition) is 1. The Balaban J connectivity index is 0.00000176. The van der Waals surface area contributed by atoms with Crippen LogP contribution in [0.3, 0.4) is 0 Å². The van der Waals surface area contributed by atoms with E-state index >= 15 is 0 Å². The molecule has 1 aromatic carbocycles. The molecule has 1 aliphatic heterocycles. The molecular weight excluding hydrogens is 416 g/mol. The molecule has 2 N–H and O–H groups in total. The van der Waals surface area contributed by atoms with Crippen molar-refractivity contribution in [3.05, 3.63) is 35.3 Å². The maximum Gasteiger partial charge on any atom is 0.191 e. The molecule has 7 heteroatoms. The average Bonchev–Trinajstić information content (AvgIpc) is 2.82. The Labute approximate surface area is 150 Å². The van der Waals surface area contributed by atoms with Crippen LogP contribution >= 0.6 is 35.7 Å². The number of fused-ring (bicyclic) bond motifs is 1. The second-order valence-corrected chi connectivity index (χ2v) is 6.29. The number of nitrogens with two attached hydrogens (primary N) is 1. The van der Waals surface area contributed by atoms with Gasteiger partial charge in [-0.05, 0) is 25.1 Å². The molecule has 2 heterocycles. The summed E-state index contributed by atoms with van der Waals surface area (Å²) >= 11 is 1.93. The zero-order valence-corrected chi connectivity index (χ0v) is 15.5. The molecule has 120 valence electrons. The van der Waals surface area contributed by atoms with Crippen LogP contribution in [0.25, 0.3) is 11.0 Å². The van der Waals surface area contributed by atoms with Crippen molar-refractivity contribution in [2.24, 2.45) is 10.7 Å². The van der Waals surface area contributed by atoms with Gasteiger partial charge in [0.2, 0.25) is 0 Å². The third kappa shape index (κ3) is 3.68. The predicted molar refractivity (Wildman–Crippen MR) is 101 cm³/mol. The van der Waals surface area contributed by atoms with Gasteiger partial charge in [0, 0.05) is 35.5 Å². The maximum atomic E-state index is 13.3. The Morgan fingerprint density at radius 3 is 2.86 bits per heavy atom. The van der Waals surface area contributed by atoms with Gasteiger partial charge in [-0.15, -0.1) is 24.0 Å². The molecule has 0 spiro atoms. The van der Waals surface area contributed by atoms with Crippen molar-refractivity contribution < 1.29 is 8.81 Å². The van der Waals surface area contributed by atoms with Gasteiger partial charge < -0.3 is 15.1 Å². The van der Waals surface area contributed by atoms with Gasteiger partial charge in [0.05, 0.1) is 0 Å². The van der Waals surface area contributed by atoms with E-state index in [1.54, 1.807) is 6.07 Å². The quantitative estimate of drug-likeness (QED) is 0.447. The van der Waals surface area contributed by atoms with Gasteiger partial charge in [0.15, 0.2) is 5.96 Å². The summed E-state index contributed by atoms with van der Waals surface area (Å²) in [5, 5.41) is 0.799. The van der Waals surface area contributed by atoms with E-state index in [4.69, 9.17) is 10.2 Å². The second-order valence-electron chi connectivity index (χ2n) is 5.06. The van der Waals surface area contributed by atoms with E-state index < -0.39 is 0 Å². The number of thioether (sulfide) groups is 1. The minimum atomic E-state index is -0.258. The van der Waals surface area contributed by atoms with E-state index in [1.165, 1.54) is 12.1 Å². The highest BCUT2D eigenvalue weighted by atomic mass is 127. The maximum absolute atomic E-state index is 13.3. The first-order valence-electron chi connectivity index (χ1n) is 6.95. The third-order valence-electron chi connectivity index (χ3n) is 3.72. The Morgan fingerprint density at radius 1 is 1.41 bits per heavy atom. The largest absolute Gasteiger partial charge is 0.459 e. The molecule has 0 saturated carbocycles. The summed E-state index contributed by atoms with van der Waals surface area (Å²) in [5.41, 5.74) is 7.64. The second kappa shape index (κ2) is 7.54. The molecular formula is C15H19FIN3OS. The first kappa shape index (κ1) is 17.4. The topological polar surface area (TPSA) is 54.8 Å². The number of aryl methyl sites for hydroxylation is 1. The number of guanidine groups is 1. The van der Waals surface area contributed by atoms with Crippen LogP contribution < -0.4 is 5.73 Å². The fourth-order valence-electron chi connectivity index (χ4n) is 2.44. The molecule has 1 aromatic heterocycles. The van der Waals surface area contributed by atoms with Crippen molar-refractivity contribution in [1.29, 1.82) is 0 Å². The number of nitrogens with zero attached hydrogens (tertiary/aromatic N) is 2. The molecule has 0 unspecified atom stereocenters. The van der Waals surface area contributed by atoms with Crippen molar-refractivity contribution in [2.45, 2.75) is 13.5 Å². The zero-order chi connectivity index (χ0) is 14.8. The lowest BCUT2D eigenvalue weighted by Crippen LogP contribution is -2.42. The third-order valence-corrected chi connectivity index (χ3v) is 4.66. The summed E-state index contributed by atoms with van der Waals surface area (Å²) in [4.78, 5) is 6.51. The minimum absolute atomic E-state index is 0. The lowest BCUT2D eigenvalue weighted by Gasteiger charge is -2.27. The first-order valence-corrected chi connectivity index (χ1v) is 8.11. The van der Waals surface area contributed by atoms with E-state index in [9.17, 15) is 4.39 Å². The zero-order valence-electron chi connectivity index (χ0n) is 12.3. The van der Waals surface area contributed by atoms with E-state index in [0.29, 0.717) is 18.1 Å². The smallest absolute Gasteiger partial charge is 0.191 e. The van der Waals surface area contributed by atoms with E-state index in [-0.39, 0.29) is 29.8 Å². The molecule has 3 rings (SSSR count). The summed E-state index contributed by atoms with van der Waals surface area (Å²) in [6.45, 7) is 4.18. The van der Waals surface area contributed by atoms with Gasteiger partial charge in [0.1, 0.15) is 23.7 Å². The van der Waals surface area contributed by atoms with Gasteiger partial charge in [-0.1, -0.05) is 0 Å². The number of rotatable bonds is 2. The SMILES string of the molecule is Cc1c(CN=C(N)N2CCSCC2)oc2ccc(F)cc12.I. The van der Waals surface area contributed by atoms with E-state index in [1.807, 2.05) is 18.7 Å². The van der Waals surface area contributed by atoms with Crippen molar-refractivity contribution in [2.75, 3.05) is 24.6 Å². The highest BCUT2D eigenvalue weighted by molar-refractivity contribution is 14.0. The van der Waals surface area contributed by atoms with Crippen LogP contribution in [0.4, 0.5) is 4.39 Å². The number of furan rings is 1. The minimum Gasteiger partial charge on any atom is -0.459 e. The van der Waals surface area contributed by atoms with Gasteiger partial charge >= 0.3 is 0 Å². The van der Waals surface area contributed by atoms with Crippen molar-refractivity contribution in [3.63, 3.8) is 0 Å². The van der Waals surface area contributed by atoms with Crippen molar-refractivity contribution in [1.82, 2.24) is 4.90 Å². The summed E-state index contributed by atoms with van der Waals surface area (Å²) in [6, 6.07) is 4.54. The van der Waals surface area contributed by atoms with Crippen LogP contribution in [-0.2, 0) is 6.54 Å². The molecule has 0 amide bonds. The molecule has 2 aromatic rings. The molecule has 22 heavy (non-hydrogen) atoms. The average molecular weight is 435 g/mol. The molecule has 1 fully saturated rings. The highest BCUT2D eigenvalue weighted by Crippen LogP contribution is 2.26. The fraction of sp³-hybridized carbons (Fsp3) is 0.400. The summed E-state index contributed by atoms with van der Waals surface area (Å²) in [6.07, 6.45) is 0. The number of aliphatic imine (C=N–C) groups is 1. The standard InChI is InChI=1S/C15H18FN3OS.HI/c1-10-12-8-11(16)2-3-13(12)20-14(10)9-18-15(17)19-4-6-21-7-5-19;/h2-3,8H,4-7,9H2,1H3,(H2,17,18);1H. The molecule has 0 atom stereocenters. The fourth-order valence-corrected chi connectivity index (χ4v) is 3.34. The van der Waals surface area contributed by atoms with Crippen LogP contribution in [0.15, 0.2) is 27.6 Å². The van der Waals surface area contributed by atoms with Crippen LogP contribution in [0, 0.1) is 12.7 Å². The lowest BCUT2D eigenvalue weighted by atomic mass is 10.1. The van der Waals surface area contributed by atoms with Crippen molar-refractivity contribution in [3.8, 4) is 0 Å². The molecule has 0 radical (unpaired) electrons. The Kier molecular flexibility index (Phi) is 5.96. The highest BCUT2D eigenvalue weighted by Gasteiger charge is 2.14. The van der Waals surface area contributed by atoms with Crippen LogP contribution in [-0.4, -0.2) is 35.5 Å². The van der Waals surface area contributed by atoms with Gasteiger partial charge in [-0.25, -0.2) is 9.38 Å². The van der Waals surface area contributed by atoms with Crippen LogP contribution in [0.5, 0.6) is 0 Å². The normalized spacial score (nSPS) is 15.9. The number of benzene rings is 1. The molecule has 0 bridgehead atoms. The molecule has 1 aliphatic rings. The number of halogens is 2. The van der Waals surface area contributed by atoms with E-state index in [0.717, 1.165) is 41.3 Å². The summed E-state index contributed by atoms with van der Waals surface area (Å²) < 4.78 is 19.0. The Hall–Kier alpha value is -0.960. The monoisotopic (exact) mass is 435 g/mol.